The van der Waals surface area contributed by atoms with E-state index >= 15 is 0 Å². The summed E-state index contributed by atoms with van der Waals surface area (Å²) in [6.45, 7) is 1.16. The van der Waals surface area contributed by atoms with Crippen molar-refractivity contribution in [2.75, 3.05) is 24.7 Å². The summed E-state index contributed by atoms with van der Waals surface area (Å²) in [5.41, 5.74) is 1.32. The summed E-state index contributed by atoms with van der Waals surface area (Å²) in [5.74, 6) is -0.595. The minimum absolute atomic E-state index is 0.0495. The minimum atomic E-state index is -0.696. The number of benzene rings is 2. The van der Waals surface area contributed by atoms with Gasteiger partial charge in [0.1, 0.15) is 24.8 Å². The third-order valence-corrected chi connectivity index (χ3v) is 4.61. The largest absolute Gasteiger partial charge is 0.486 e. The Morgan fingerprint density at radius 2 is 1.96 bits per heavy atom. The van der Waals surface area contributed by atoms with Crippen LogP contribution in [0.2, 0.25) is 5.02 Å². The normalized spacial score (nSPS) is 15.2. The van der Waals surface area contributed by atoms with Crippen LogP contribution < -0.4 is 14.4 Å². The quantitative estimate of drug-likeness (QED) is 0.817. The van der Waals surface area contributed by atoms with Gasteiger partial charge in [0.15, 0.2) is 11.5 Å². The van der Waals surface area contributed by atoms with E-state index in [0.29, 0.717) is 59.5 Å². The average Bonchev–Trinajstić information content (AvgIpc) is 2.99. The number of halogens is 3. The fourth-order valence-electron chi connectivity index (χ4n) is 3.22. The SMILES string of the molecule is O=C(Cc1cc(Cl)c2c(c1)OCCO2)N1CCc2c(F)cc(F)cc21. The molecule has 2 aromatic carbocycles. The van der Waals surface area contributed by atoms with Crippen molar-refractivity contribution in [1.82, 2.24) is 0 Å². The molecular weight excluding hydrogens is 352 g/mol. The van der Waals surface area contributed by atoms with Gasteiger partial charge in [-0.25, -0.2) is 8.78 Å². The lowest BCUT2D eigenvalue weighted by molar-refractivity contribution is -0.117. The van der Waals surface area contributed by atoms with E-state index in [1.54, 1.807) is 12.1 Å². The highest BCUT2D eigenvalue weighted by Crippen LogP contribution is 2.39. The van der Waals surface area contributed by atoms with E-state index in [2.05, 4.69) is 0 Å². The second-order valence-corrected chi connectivity index (χ2v) is 6.37. The van der Waals surface area contributed by atoms with Crippen LogP contribution in [0.5, 0.6) is 11.5 Å². The first kappa shape index (κ1) is 16.1. The summed E-state index contributed by atoms with van der Waals surface area (Å²) in [5, 5.41) is 0.374. The molecule has 2 aliphatic heterocycles. The van der Waals surface area contributed by atoms with Crippen molar-refractivity contribution >= 4 is 23.2 Å². The van der Waals surface area contributed by atoms with Gasteiger partial charge in [-0.05, 0) is 30.2 Å². The summed E-state index contributed by atoms with van der Waals surface area (Å²) in [6, 6.07) is 5.39. The number of fused-ring (bicyclic) bond motifs is 2. The number of rotatable bonds is 2. The van der Waals surface area contributed by atoms with Gasteiger partial charge < -0.3 is 14.4 Å². The monoisotopic (exact) mass is 365 g/mol. The standard InChI is InChI=1S/C18H14ClF2NO3/c19-13-5-10(6-16-18(13)25-4-3-24-16)7-17(23)22-2-1-12-14(21)8-11(20)9-15(12)22/h5-6,8-9H,1-4,7H2. The highest BCUT2D eigenvalue weighted by molar-refractivity contribution is 6.32. The Labute approximate surface area is 147 Å². The summed E-state index contributed by atoms with van der Waals surface area (Å²) < 4.78 is 38.3. The molecule has 0 N–H and O–H groups in total. The highest BCUT2D eigenvalue weighted by Gasteiger charge is 2.28. The van der Waals surface area contributed by atoms with Crippen molar-refractivity contribution < 1.29 is 23.0 Å². The minimum Gasteiger partial charge on any atom is -0.486 e. The van der Waals surface area contributed by atoms with Gasteiger partial charge in [0.25, 0.3) is 0 Å². The molecule has 0 unspecified atom stereocenters. The highest BCUT2D eigenvalue weighted by atomic mass is 35.5. The third kappa shape index (κ3) is 2.91. The number of anilines is 1. The van der Waals surface area contributed by atoms with Gasteiger partial charge in [-0.1, -0.05) is 11.6 Å². The first-order valence-electron chi connectivity index (χ1n) is 7.89. The number of hydrogen-bond acceptors (Lipinski definition) is 3. The topological polar surface area (TPSA) is 38.8 Å². The number of amides is 1. The van der Waals surface area contributed by atoms with Crippen LogP contribution in [0.25, 0.3) is 0 Å². The van der Waals surface area contributed by atoms with E-state index in [1.807, 2.05) is 0 Å². The maximum absolute atomic E-state index is 13.8. The molecule has 0 aromatic heterocycles. The van der Waals surface area contributed by atoms with Gasteiger partial charge >= 0.3 is 0 Å². The zero-order valence-electron chi connectivity index (χ0n) is 13.2. The van der Waals surface area contributed by atoms with Crippen LogP contribution >= 0.6 is 11.6 Å². The summed E-state index contributed by atoms with van der Waals surface area (Å²) in [4.78, 5) is 14.1. The van der Waals surface area contributed by atoms with Gasteiger partial charge in [0.2, 0.25) is 5.91 Å². The molecule has 25 heavy (non-hydrogen) atoms. The maximum Gasteiger partial charge on any atom is 0.231 e. The second kappa shape index (κ2) is 6.19. The number of hydrogen-bond donors (Lipinski definition) is 0. The lowest BCUT2D eigenvalue weighted by atomic mass is 10.1. The molecule has 7 heteroatoms. The van der Waals surface area contributed by atoms with E-state index in [-0.39, 0.29) is 12.3 Å². The Morgan fingerprint density at radius 1 is 1.16 bits per heavy atom. The Balaban J connectivity index is 1.59. The van der Waals surface area contributed by atoms with Gasteiger partial charge in [-0.3, -0.25) is 4.79 Å². The van der Waals surface area contributed by atoms with Crippen LogP contribution in [0, 0.1) is 11.6 Å². The van der Waals surface area contributed by atoms with Crippen molar-refractivity contribution in [1.29, 1.82) is 0 Å². The molecule has 0 radical (unpaired) electrons. The van der Waals surface area contributed by atoms with Crippen LogP contribution in [-0.4, -0.2) is 25.7 Å². The molecule has 4 nitrogen and oxygen atoms in total. The van der Waals surface area contributed by atoms with Crippen molar-refractivity contribution in [2.45, 2.75) is 12.8 Å². The molecule has 1 amide bonds. The van der Waals surface area contributed by atoms with Crippen LogP contribution in [-0.2, 0) is 17.6 Å². The second-order valence-electron chi connectivity index (χ2n) is 5.96. The Morgan fingerprint density at radius 3 is 2.80 bits per heavy atom. The molecule has 2 heterocycles. The molecule has 2 aliphatic rings. The summed E-state index contributed by atoms with van der Waals surface area (Å²) in [6.07, 6.45) is 0.420. The average molecular weight is 366 g/mol. The predicted molar refractivity (Wildman–Crippen MR) is 88.6 cm³/mol. The number of carbonyl (C=O) groups is 1. The maximum atomic E-state index is 13.8. The van der Waals surface area contributed by atoms with E-state index < -0.39 is 11.6 Å². The molecule has 4 rings (SSSR count). The molecule has 0 atom stereocenters. The molecule has 0 fully saturated rings. The molecule has 0 aliphatic carbocycles. The Kier molecular flexibility index (Phi) is 4.00. The third-order valence-electron chi connectivity index (χ3n) is 4.33. The number of nitrogens with zero attached hydrogens (tertiary/aromatic N) is 1. The Bertz CT molecular complexity index is 872. The van der Waals surface area contributed by atoms with E-state index in [1.165, 1.54) is 11.0 Å². The zero-order chi connectivity index (χ0) is 17.6. The smallest absolute Gasteiger partial charge is 0.231 e. The molecule has 0 bridgehead atoms. The molecule has 0 saturated carbocycles. The van der Waals surface area contributed by atoms with Crippen LogP contribution in [0.3, 0.4) is 0 Å². The van der Waals surface area contributed by atoms with Crippen molar-refractivity contribution in [3.63, 3.8) is 0 Å². The van der Waals surface area contributed by atoms with E-state index in [0.717, 1.165) is 6.07 Å². The van der Waals surface area contributed by atoms with Crippen molar-refractivity contribution in [2.24, 2.45) is 0 Å². The first-order chi connectivity index (χ1) is 12.0. The van der Waals surface area contributed by atoms with Gasteiger partial charge in [-0.2, -0.15) is 0 Å². The lowest BCUT2D eigenvalue weighted by Gasteiger charge is -2.21. The van der Waals surface area contributed by atoms with Crippen molar-refractivity contribution in [3.8, 4) is 11.5 Å². The predicted octanol–water partition coefficient (Wildman–Crippen LogP) is 3.52. The fourth-order valence-corrected chi connectivity index (χ4v) is 3.51. The van der Waals surface area contributed by atoms with Gasteiger partial charge in [0, 0.05) is 18.2 Å². The zero-order valence-corrected chi connectivity index (χ0v) is 13.9. The van der Waals surface area contributed by atoms with E-state index in [4.69, 9.17) is 21.1 Å². The number of carbonyl (C=O) groups excluding carboxylic acids is 1. The van der Waals surface area contributed by atoms with Crippen LogP contribution in [0.1, 0.15) is 11.1 Å². The van der Waals surface area contributed by atoms with Crippen LogP contribution in [0.4, 0.5) is 14.5 Å². The lowest BCUT2D eigenvalue weighted by Crippen LogP contribution is -2.30. The number of ether oxygens (including phenoxy) is 2. The molecule has 2 aromatic rings. The summed E-state index contributed by atoms with van der Waals surface area (Å²) in [7, 11) is 0. The van der Waals surface area contributed by atoms with Crippen molar-refractivity contribution in [3.05, 3.63) is 52.0 Å². The van der Waals surface area contributed by atoms with Crippen LogP contribution in [0.15, 0.2) is 24.3 Å². The molecule has 0 saturated heterocycles. The van der Waals surface area contributed by atoms with Gasteiger partial charge in [-0.15, -0.1) is 0 Å². The molecule has 130 valence electrons. The van der Waals surface area contributed by atoms with Gasteiger partial charge in [0.05, 0.1) is 17.1 Å². The molecule has 0 spiro atoms. The first-order valence-corrected chi connectivity index (χ1v) is 8.27. The fraction of sp³-hybridized carbons (Fsp3) is 0.278. The summed E-state index contributed by atoms with van der Waals surface area (Å²) >= 11 is 6.18. The Hall–Kier alpha value is -2.34. The molecular formula is C18H14ClF2NO3. The van der Waals surface area contributed by atoms with E-state index in [9.17, 15) is 13.6 Å².